The molecule has 0 spiro atoms. The minimum absolute atomic E-state index is 0.101. The van der Waals surface area contributed by atoms with E-state index in [9.17, 15) is 10.1 Å². The lowest BCUT2D eigenvalue weighted by atomic mass is 10.1. The molecule has 1 N–H and O–H groups in total. The monoisotopic (exact) mass is 314 g/mol. The maximum atomic E-state index is 10.6. The van der Waals surface area contributed by atoms with Gasteiger partial charge in [0, 0.05) is 22.7 Å². The normalized spacial score (nSPS) is 11.5. The smallest absolute Gasteiger partial charge is 0.274 e. The minimum atomic E-state index is -0.402. The number of nitrogens with zero attached hydrogens (tertiary/aromatic N) is 1. The quantitative estimate of drug-likeness (QED) is 0.600. The molecule has 0 aliphatic heterocycles. The highest BCUT2D eigenvalue weighted by Crippen LogP contribution is 2.26. The second kappa shape index (κ2) is 10.6. The van der Waals surface area contributed by atoms with Gasteiger partial charge in [0.15, 0.2) is 0 Å². The fraction of sp³-hybridized carbons (Fsp3) is 0.625. The summed E-state index contributed by atoms with van der Waals surface area (Å²) in [6.45, 7) is 11.5. The first-order valence-electron chi connectivity index (χ1n) is 7.54. The summed E-state index contributed by atoms with van der Waals surface area (Å²) in [4.78, 5) is 10.2. The zero-order valence-corrected chi connectivity index (χ0v) is 14.5. The van der Waals surface area contributed by atoms with E-state index in [2.05, 4.69) is 26.1 Å². The van der Waals surface area contributed by atoms with Crippen LogP contribution in [0.25, 0.3) is 0 Å². The van der Waals surface area contributed by atoms with Crippen molar-refractivity contribution in [1.82, 2.24) is 5.32 Å². The summed E-state index contributed by atoms with van der Waals surface area (Å²) in [7, 11) is 0. The van der Waals surface area contributed by atoms with Crippen LogP contribution in [0.15, 0.2) is 12.1 Å². The van der Waals surface area contributed by atoms with Gasteiger partial charge in [-0.2, -0.15) is 0 Å². The van der Waals surface area contributed by atoms with Gasteiger partial charge in [0.05, 0.1) is 4.92 Å². The number of rotatable bonds is 6. The minimum Gasteiger partial charge on any atom is -0.314 e. The van der Waals surface area contributed by atoms with Crippen molar-refractivity contribution >= 4 is 17.3 Å². The second-order valence-electron chi connectivity index (χ2n) is 5.08. The lowest BCUT2D eigenvalue weighted by Crippen LogP contribution is -2.25. The molecule has 0 saturated heterocycles. The molecule has 4 nitrogen and oxygen atoms in total. The SMILES string of the molecule is CCCN[C@@H](C)CC.CCc1cc(Cl)cc([N+](=O)[O-])c1C. The maximum absolute atomic E-state index is 10.6. The molecule has 1 aromatic rings. The fourth-order valence-corrected chi connectivity index (χ4v) is 2.05. The van der Waals surface area contributed by atoms with Crippen molar-refractivity contribution in [3.63, 3.8) is 0 Å². The van der Waals surface area contributed by atoms with E-state index in [-0.39, 0.29) is 5.69 Å². The number of nitro benzene ring substituents is 1. The first-order valence-corrected chi connectivity index (χ1v) is 7.91. The Morgan fingerprint density at radius 2 is 1.95 bits per heavy atom. The summed E-state index contributed by atoms with van der Waals surface area (Å²) >= 11 is 5.74. The van der Waals surface area contributed by atoms with Crippen LogP contribution < -0.4 is 5.32 Å². The molecule has 5 heteroatoms. The summed E-state index contributed by atoms with van der Waals surface area (Å²) in [5, 5.41) is 14.4. The standard InChI is InChI=1S/C9H10ClNO2.C7H17N/c1-3-7-4-8(10)5-9(6(7)2)11(12)13;1-4-6-8-7(3)5-2/h4-5H,3H2,1-2H3;7-8H,4-6H2,1-3H3/t;7-/m.0/s1. The Morgan fingerprint density at radius 3 is 2.38 bits per heavy atom. The number of nitrogens with one attached hydrogen (secondary N) is 1. The Hall–Kier alpha value is -1.13. The summed E-state index contributed by atoms with van der Waals surface area (Å²) in [6, 6.07) is 3.86. The van der Waals surface area contributed by atoms with Crippen molar-refractivity contribution in [2.45, 2.75) is 59.9 Å². The van der Waals surface area contributed by atoms with Crippen molar-refractivity contribution in [2.24, 2.45) is 0 Å². The molecule has 0 aliphatic carbocycles. The van der Waals surface area contributed by atoms with Gasteiger partial charge in [0.2, 0.25) is 0 Å². The first-order chi connectivity index (χ1) is 9.87. The van der Waals surface area contributed by atoms with Gasteiger partial charge >= 0.3 is 0 Å². The molecule has 0 aromatic heterocycles. The third-order valence-electron chi connectivity index (χ3n) is 3.39. The van der Waals surface area contributed by atoms with Crippen molar-refractivity contribution in [1.29, 1.82) is 0 Å². The Bertz CT molecular complexity index is 450. The molecule has 120 valence electrons. The average Bonchev–Trinajstić information content (AvgIpc) is 2.47. The van der Waals surface area contributed by atoms with E-state index in [4.69, 9.17) is 11.6 Å². The van der Waals surface area contributed by atoms with E-state index in [0.717, 1.165) is 18.5 Å². The number of hydrogen-bond acceptors (Lipinski definition) is 3. The topological polar surface area (TPSA) is 55.2 Å². The Balaban J connectivity index is 0.000000433. The molecule has 0 radical (unpaired) electrons. The van der Waals surface area contributed by atoms with E-state index in [1.54, 1.807) is 13.0 Å². The Kier molecular flexibility index (Phi) is 10.0. The van der Waals surface area contributed by atoms with E-state index < -0.39 is 4.92 Å². The van der Waals surface area contributed by atoms with Crippen molar-refractivity contribution in [3.05, 3.63) is 38.4 Å². The van der Waals surface area contributed by atoms with E-state index in [0.29, 0.717) is 16.6 Å². The average molecular weight is 315 g/mol. The predicted molar refractivity (Wildman–Crippen MR) is 90.3 cm³/mol. The Morgan fingerprint density at radius 1 is 1.33 bits per heavy atom. The molecule has 21 heavy (non-hydrogen) atoms. The molecule has 0 aliphatic rings. The van der Waals surface area contributed by atoms with Crippen LogP contribution in [0, 0.1) is 17.0 Å². The van der Waals surface area contributed by atoms with Crippen LogP contribution in [0.5, 0.6) is 0 Å². The third-order valence-corrected chi connectivity index (χ3v) is 3.60. The van der Waals surface area contributed by atoms with Gasteiger partial charge in [0.25, 0.3) is 5.69 Å². The summed E-state index contributed by atoms with van der Waals surface area (Å²) in [5.41, 5.74) is 1.74. The first kappa shape index (κ1) is 19.9. The molecule has 1 aromatic carbocycles. The molecule has 0 unspecified atom stereocenters. The number of aryl methyl sites for hydroxylation is 1. The van der Waals surface area contributed by atoms with Gasteiger partial charge < -0.3 is 5.32 Å². The van der Waals surface area contributed by atoms with E-state index in [1.165, 1.54) is 18.9 Å². The highest BCUT2D eigenvalue weighted by atomic mass is 35.5. The van der Waals surface area contributed by atoms with E-state index >= 15 is 0 Å². The predicted octanol–water partition coefficient (Wildman–Crippen LogP) is 4.90. The van der Waals surface area contributed by atoms with Gasteiger partial charge in [-0.1, -0.05) is 32.4 Å². The highest BCUT2D eigenvalue weighted by molar-refractivity contribution is 6.30. The van der Waals surface area contributed by atoms with Crippen molar-refractivity contribution in [2.75, 3.05) is 6.54 Å². The molecular weight excluding hydrogens is 288 g/mol. The molecule has 1 rings (SSSR count). The molecule has 0 fully saturated rings. The van der Waals surface area contributed by atoms with Crippen LogP contribution in [0.1, 0.15) is 51.7 Å². The molecule has 0 heterocycles. The van der Waals surface area contributed by atoms with Gasteiger partial charge in [-0.05, 0) is 51.3 Å². The summed E-state index contributed by atoms with van der Waals surface area (Å²) in [6.07, 6.45) is 3.23. The number of nitro groups is 1. The maximum Gasteiger partial charge on any atom is 0.274 e. The van der Waals surface area contributed by atoms with Crippen LogP contribution in [-0.4, -0.2) is 17.5 Å². The van der Waals surface area contributed by atoms with Gasteiger partial charge in [0.1, 0.15) is 0 Å². The highest BCUT2D eigenvalue weighted by Gasteiger charge is 2.14. The third kappa shape index (κ3) is 7.44. The zero-order valence-electron chi connectivity index (χ0n) is 13.7. The van der Waals surface area contributed by atoms with Gasteiger partial charge in [-0.25, -0.2) is 0 Å². The van der Waals surface area contributed by atoms with Gasteiger partial charge in [-0.3, -0.25) is 10.1 Å². The van der Waals surface area contributed by atoms with Crippen LogP contribution in [0.4, 0.5) is 5.69 Å². The Labute approximate surface area is 133 Å². The number of hydrogen-bond donors (Lipinski definition) is 1. The summed E-state index contributed by atoms with van der Waals surface area (Å²) in [5.74, 6) is 0. The zero-order chi connectivity index (χ0) is 16.4. The van der Waals surface area contributed by atoms with Crippen LogP contribution >= 0.6 is 11.6 Å². The van der Waals surface area contributed by atoms with Crippen LogP contribution in [0.2, 0.25) is 5.02 Å². The number of halogens is 1. The fourth-order valence-electron chi connectivity index (χ4n) is 1.81. The van der Waals surface area contributed by atoms with Crippen LogP contribution in [-0.2, 0) is 6.42 Å². The molecular formula is C16H27ClN2O2. The molecule has 0 saturated carbocycles. The lowest BCUT2D eigenvalue weighted by molar-refractivity contribution is -0.385. The van der Waals surface area contributed by atoms with Gasteiger partial charge in [-0.15, -0.1) is 0 Å². The number of benzene rings is 1. The van der Waals surface area contributed by atoms with E-state index in [1.807, 2.05) is 6.92 Å². The molecule has 0 bridgehead atoms. The van der Waals surface area contributed by atoms with Crippen molar-refractivity contribution in [3.8, 4) is 0 Å². The van der Waals surface area contributed by atoms with Crippen LogP contribution in [0.3, 0.4) is 0 Å². The second-order valence-corrected chi connectivity index (χ2v) is 5.52. The molecule has 1 atom stereocenters. The lowest BCUT2D eigenvalue weighted by Gasteiger charge is -2.08. The largest absolute Gasteiger partial charge is 0.314 e. The van der Waals surface area contributed by atoms with Crippen molar-refractivity contribution < 1.29 is 4.92 Å². The summed E-state index contributed by atoms with van der Waals surface area (Å²) < 4.78 is 0. The molecule has 0 amide bonds.